The number of carbonyl (C=O) groups excluding carboxylic acids is 1. The molecule has 1 aliphatic heterocycles. The number of rotatable bonds is 4. The van der Waals surface area contributed by atoms with Crippen LogP contribution in [-0.2, 0) is 16.8 Å². The summed E-state index contributed by atoms with van der Waals surface area (Å²) in [4.78, 5) is 17.7. The van der Waals surface area contributed by atoms with Crippen molar-refractivity contribution in [2.45, 2.75) is 57.4 Å². The maximum atomic E-state index is 11.3. The molecule has 0 aromatic carbocycles. The largest absolute Gasteiger partial charge is 0.343 e. The fraction of sp³-hybridized carbons (Fsp3) is 0.800. The highest BCUT2D eigenvalue weighted by molar-refractivity contribution is 5.73. The molecule has 1 amide bonds. The van der Waals surface area contributed by atoms with Gasteiger partial charge in [0.25, 0.3) is 0 Å². The highest BCUT2D eigenvalue weighted by Gasteiger charge is 2.38. The Morgan fingerprint density at radius 3 is 2.71 bits per heavy atom. The molecule has 0 radical (unpaired) electrons. The Kier molecular flexibility index (Phi) is 3.97. The first kappa shape index (κ1) is 14.5. The van der Waals surface area contributed by atoms with Gasteiger partial charge in [-0.3, -0.25) is 4.79 Å². The zero-order valence-corrected chi connectivity index (χ0v) is 12.7. The lowest BCUT2D eigenvalue weighted by molar-refractivity contribution is -0.130. The predicted molar refractivity (Wildman–Crippen MR) is 77.3 cm³/mol. The third kappa shape index (κ3) is 3.10. The molecule has 0 spiro atoms. The average Bonchev–Trinajstić information content (AvgIpc) is 2.92. The van der Waals surface area contributed by atoms with Gasteiger partial charge in [-0.15, -0.1) is 0 Å². The normalized spacial score (nSPS) is 22.1. The number of hydrogen-bond donors (Lipinski definition) is 1. The van der Waals surface area contributed by atoms with Crippen LogP contribution in [-0.4, -0.2) is 34.0 Å². The Balaban J connectivity index is 1.47. The molecule has 116 valence electrons. The third-order valence-corrected chi connectivity index (χ3v) is 4.99. The Hall–Kier alpha value is -1.43. The van der Waals surface area contributed by atoms with E-state index in [-0.39, 0.29) is 11.4 Å². The first-order chi connectivity index (χ1) is 10.1. The number of aromatic nitrogens is 2. The lowest BCUT2D eigenvalue weighted by Crippen LogP contribution is -2.44. The van der Waals surface area contributed by atoms with Gasteiger partial charge in [-0.05, 0) is 44.4 Å². The molecule has 6 nitrogen and oxygen atoms in total. The molecular formula is C15H24N4O2. The second kappa shape index (κ2) is 5.75. The standard InChI is InChI=1S/C15H24N4O2/c1-11(20)19-9-5-12(6-10-19)3-4-13-17-14(18-21-13)15(16)7-2-8-15/h12H,2-10,16H2,1H3. The van der Waals surface area contributed by atoms with E-state index in [1.807, 2.05) is 4.90 Å². The molecule has 1 saturated carbocycles. The average molecular weight is 292 g/mol. The van der Waals surface area contributed by atoms with Crippen molar-refractivity contribution >= 4 is 5.91 Å². The maximum Gasteiger partial charge on any atom is 0.226 e. The van der Waals surface area contributed by atoms with Crippen LogP contribution in [0.1, 0.15) is 57.2 Å². The van der Waals surface area contributed by atoms with E-state index in [1.165, 1.54) is 0 Å². The Labute approximate surface area is 125 Å². The van der Waals surface area contributed by atoms with E-state index in [4.69, 9.17) is 10.3 Å². The van der Waals surface area contributed by atoms with Gasteiger partial charge in [0.1, 0.15) is 0 Å². The molecule has 1 aromatic rings. The van der Waals surface area contributed by atoms with Crippen LogP contribution in [0.3, 0.4) is 0 Å². The molecule has 2 N–H and O–H groups in total. The minimum atomic E-state index is -0.339. The van der Waals surface area contributed by atoms with Crippen LogP contribution in [0.4, 0.5) is 0 Å². The summed E-state index contributed by atoms with van der Waals surface area (Å²) < 4.78 is 5.33. The molecule has 6 heteroatoms. The van der Waals surface area contributed by atoms with E-state index >= 15 is 0 Å². The number of likely N-dealkylation sites (tertiary alicyclic amines) is 1. The van der Waals surface area contributed by atoms with Crippen molar-refractivity contribution in [3.8, 4) is 0 Å². The lowest BCUT2D eigenvalue weighted by atomic mass is 9.77. The van der Waals surface area contributed by atoms with Gasteiger partial charge in [-0.1, -0.05) is 5.16 Å². The van der Waals surface area contributed by atoms with Crippen LogP contribution in [0.25, 0.3) is 0 Å². The van der Waals surface area contributed by atoms with Crippen molar-refractivity contribution < 1.29 is 9.32 Å². The molecule has 0 unspecified atom stereocenters. The Bertz CT molecular complexity index is 502. The summed E-state index contributed by atoms with van der Waals surface area (Å²) in [6.45, 7) is 3.39. The first-order valence-electron chi connectivity index (χ1n) is 7.94. The molecule has 1 aliphatic carbocycles. The molecule has 2 fully saturated rings. The molecule has 0 bridgehead atoms. The molecule has 1 aromatic heterocycles. The smallest absolute Gasteiger partial charge is 0.226 e. The van der Waals surface area contributed by atoms with E-state index in [2.05, 4.69) is 10.1 Å². The SMILES string of the molecule is CC(=O)N1CCC(CCc2nc(C3(N)CCC3)no2)CC1. The molecule has 1 saturated heterocycles. The fourth-order valence-corrected chi connectivity index (χ4v) is 3.20. The lowest BCUT2D eigenvalue weighted by Gasteiger charge is -2.34. The second-order valence-electron chi connectivity index (χ2n) is 6.51. The van der Waals surface area contributed by atoms with Gasteiger partial charge in [-0.2, -0.15) is 4.98 Å². The van der Waals surface area contributed by atoms with Crippen LogP contribution in [0, 0.1) is 5.92 Å². The van der Waals surface area contributed by atoms with E-state index in [0.717, 1.165) is 58.0 Å². The first-order valence-corrected chi connectivity index (χ1v) is 7.94. The van der Waals surface area contributed by atoms with E-state index < -0.39 is 0 Å². The summed E-state index contributed by atoms with van der Waals surface area (Å²) in [7, 11) is 0. The van der Waals surface area contributed by atoms with E-state index in [1.54, 1.807) is 6.92 Å². The van der Waals surface area contributed by atoms with Crippen molar-refractivity contribution in [2.75, 3.05) is 13.1 Å². The van der Waals surface area contributed by atoms with Gasteiger partial charge in [0.2, 0.25) is 11.8 Å². The van der Waals surface area contributed by atoms with Crippen LogP contribution in [0.2, 0.25) is 0 Å². The van der Waals surface area contributed by atoms with Gasteiger partial charge in [0, 0.05) is 26.4 Å². The van der Waals surface area contributed by atoms with Crippen LogP contribution in [0.5, 0.6) is 0 Å². The van der Waals surface area contributed by atoms with Gasteiger partial charge in [-0.25, -0.2) is 0 Å². The molecule has 0 atom stereocenters. The van der Waals surface area contributed by atoms with Gasteiger partial charge in [0.15, 0.2) is 5.82 Å². The predicted octanol–water partition coefficient (Wildman–Crippen LogP) is 1.60. The van der Waals surface area contributed by atoms with E-state index in [9.17, 15) is 4.79 Å². The summed E-state index contributed by atoms with van der Waals surface area (Å²) in [6, 6.07) is 0. The van der Waals surface area contributed by atoms with Gasteiger partial charge < -0.3 is 15.2 Å². The van der Waals surface area contributed by atoms with Crippen LogP contribution >= 0.6 is 0 Å². The zero-order valence-electron chi connectivity index (χ0n) is 12.7. The number of nitrogens with zero attached hydrogens (tertiary/aromatic N) is 3. The fourth-order valence-electron chi connectivity index (χ4n) is 3.20. The van der Waals surface area contributed by atoms with Crippen LogP contribution in [0.15, 0.2) is 4.52 Å². The van der Waals surface area contributed by atoms with E-state index in [0.29, 0.717) is 17.6 Å². The number of nitrogens with two attached hydrogens (primary N) is 1. The van der Waals surface area contributed by atoms with Gasteiger partial charge in [0.05, 0.1) is 5.54 Å². The zero-order chi connectivity index (χ0) is 14.9. The number of amides is 1. The highest BCUT2D eigenvalue weighted by atomic mass is 16.5. The number of carbonyl (C=O) groups is 1. The highest BCUT2D eigenvalue weighted by Crippen LogP contribution is 2.37. The van der Waals surface area contributed by atoms with Crippen molar-refractivity contribution in [1.29, 1.82) is 0 Å². The Morgan fingerprint density at radius 2 is 2.14 bits per heavy atom. The third-order valence-electron chi connectivity index (χ3n) is 4.99. The number of piperidine rings is 1. The van der Waals surface area contributed by atoms with Crippen molar-refractivity contribution in [3.05, 3.63) is 11.7 Å². The quantitative estimate of drug-likeness (QED) is 0.911. The van der Waals surface area contributed by atoms with Crippen molar-refractivity contribution in [3.63, 3.8) is 0 Å². The topological polar surface area (TPSA) is 85.2 Å². The minimum absolute atomic E-state index is 0.184. The summed E-state index contributed by atoms with van der Waals surface area (Å²) in [6.07, 6.45) is 7.06. The maximum absolute atomic E-state index is 11.3. The Morgan fingerprint density at radius 1 is 1.43 bits per heavy atom. The number of aryl methyl sites for hydroxylation is 1. The number of hydrogen-bond acceptors (Lipinski definition) is 5. The van der Waals surface area contributed by atoms with Crippen molar-refractivity contribution in [2.24, 2.45) is 11.7 Å². The molecule has 3 rings (SSSR count). The molecule has 2 aliphatic rings. The summed E-state index contributed by atoms with van der Waals surface area (Å²) >= 11 is 0. The van der Waals surface area contributed by atoms with Gasteiger partial charge >= 0.3 is 0 Å². The molecule has 21 heavy (non-hydrogen) atoms. The summed E-state index contributed by atoms with van der Waals surface area (Å²) in [5, 5.41) is 4.04. The minimum Gasteiger partial charge on any atom is -0.343 e. The second-order valence-corrected chi connectivity index (χ2v) is 6.51. The summed E-state index contributed by atoms with van der Waals surface area (Å²) in [5.74, 6) is 2.21. The van der Waals surface area contributed by atoms with Crippen LogP contribution < -0.4 is 5.73 Å². The monoisotopic (exact) mass is 292 g/mol. The molecular weight excluding hydrogens is 268 g/mol. The van der Waals surface area contributed by atoms with Crippen molar-refractivity contribution in [1.82, 2.24) is 15.0 Å². The summed E-state index contributed by atoms with van der Waals surface area (Å²) in [5.41, 5.74) is 5.86. The molecule has 2 heterocycles.